The van der Waals surface area contributed by atoms with Gasteiger partial charge in [-0.15, -0.1) is 0 Å². The van der Waals surface area contributed by atoms with Gasteiger partial charge in [-0.25, -0.2) is 9.59 Å². The predicted octanol–water partition coefficient (Wildman–Crippen LogP) is 0.764. The molecule has 1 aromatic rings. The minimum absolute atomic E-state index is 0.0237. The molecule has 0 saturated heterocycles. The molecule has 5 nitrogen and oxygen atoms in total. The van der Waals surface area contributed by atoms with Gasteiger partial charge >= 0.3 is 11.9 Å². The molecular weight excluding hydrogens is 230 g/mol. The molecule has 0 aliphatic heterocycles. The van der Waals surface area contributed by atoms with Crippen molar-refractivity contribution in [3.8, 4) is 0 Å². The van der Waals surface area contributed by atoms with E-state index in [1.807, 2.05) is 0 Å². The summed E-state index contributed by atoms with van der Waals surface area (Å²) in [5, 5.41) is 3.46. The topological polar surface area (TPSA) is 78.6 Å². The lowest BCUT2D eigenvalue weighted by atomic mass is 10.1. The van der Waals surface area contributed by atoms with Gasteiger partial charge in [0.25, 0.3) is 0 Å². The summed E-state index contributed by atoms with van der Waals surface area (Å²) in [6, 6.07) is 1.67. The first-order valence-electron chi connectivity index (χ1n) is 4.30. The fraction of sp³-hybridized carbons (Fsp3) is 0.200. The molecular formula is C10H11NO4S. The van der Waals surface area contributed by atoms with Crippen LogP contribution in [0.4, 0.5) is 0 Å². The van der Waals surface area contributed by atoms with E-state index in [9.17, 15) is 9.59 Å². The number of hydrogen-bond acceptors (Lipinski definition) is 6. The third-order valence-electron chi connectivity index (χ3n) is 1.87. The summed E-state index contributed by atoms with van der Waals surface area (Å²) in [6.07, 6.45) is 0. The van der Waals surface area contributed by atoms with Gasteiger partial charge < -0.3 is 15.2 Å². The smallest absolute Gasteiger partial charge is 0.354 e. The number of ether oxygens (including phenoxy) is 2. The quantitative estimate of drug-likeness (QED) is 0.624. The summed E-state index contributed by atoms with van der Waals surface area (Å²) >= 11 is 1.38. The molecule has 86 valence electrons. The summed E-state index contributed by atoms with van der Waals surface area (Å²) < 4.78 is 9.03. The number of thiophene rings is 1. The van der Waals surface area contributed by atoms with E-state index in [-0.39, 0.29) is 11.3 Å². The monoisotopic (exact) mass is 241 g/mol. The third kappa shape index (κ3) is 2.40. The molecule has 1 rings (SSSR count). The minimum atomic E-state index is -0.758. The first-order chi connectivity index (χ1) is 7.61. The van der Waals surface area contributed by atoms with Gasteiger partial charge in [-0.05, 0) is 16.8 Å². The summed E-state index contributed by atoms with van der Waals surface area (Å²) in [6.45, 7) is 0. The average Bonchev–Trinajstić information content (AvgIpc) is 2.81. The van der Waals surface area contributed by atoms with Crippen molar-refractivity contribution in [2.45, 2.75) is 0 Å². The second kappa shape index (κ2) is 5.32. The van der Waals surface area contributed by atoms with E-state index in [4.69, 9.17) is 5.73 Å². The molecule has 2 N–H and O–H groups in total. The minimum Gasteiger partial charge on any atom is -0.465 e. The largest absolute Gasteiger partial charge is 0.465 e. The van der Waals surface area contributed by atoms with Crippen molar-refractivity contribution < 1.29 is 19.1 Å². The second-order valence-electron chi connectivity index (χ2n) is 2.78. The van der Waals surface area contributed by atoms with Crippen molar-refractivity contribution >= 4 is 28.8 Å². The maximum Gasteiger partial charge on any atom is 0.354 e. The van der Waals surface area contributed by atoms with E-state index in [0.29, 0.717) is 5.56 Å². The van der Waals surface area contributed by atoms with Crippen LogP contribution in [0.25, 0.3) is 5.57 Å². The molecule has 0 spiro atoms. The van der Waals surface area contributed by atoms with E-state index in [1.165, 1.54) is 25.6 Å². The number of methoxy groups -OCH3 is 2. The number of carbonyl (C=O) groups excluding carboxylic acids is 2. The highest BCUT2D eigenvalue weighted by atomic mass is 32.1. The Kier molecular flexibility index (Phi) is 4.07. The average molecular weight is 241 g/mol. The van der Waals surface area contributed by atoms with Crippen molar-refractivity contribution in [2.75, 3.05) is 14.2 Å². The predicted molar refractivity (Wildman–Crippen MR) is 59.5 cm³/mol. The standard InChI is InChI=1S/C10H11NO4S/c1-14-9(12)7(6-3-4-16-5-6)8(11)10(13)15-2/h3-5H,11H2,1-2H3/b8-7-. The Labute approximate surface area is 96.5 Å². The van der Waals surface area contributed by atoms with Crippen LogP contribution in [0.3, 0.4) is 0 Å². The van der Waals surface area contributed by atoms with Crippen LogP contribution in [0.15, 0.2) is 22.5 Å². The Bertz CT molecular complexity index is 422. The fourth-order valence-corrected chi connectivity index (χ4v) is 1.75. The molecule has 0 unspecified atom stereocenters. The van der Waals surface area contributed by atoms with Gasteiger partial charge in [0.1, 0.15) is 5.70 Å². The van der Waals surface area contributed by atoms with Gasteiger partial charge in [0.05, 0.1) is 19.8 Å². The van der Waals surface area contributed by atoms with E-state index >= 15 is 0 Å². The second-order valence-corrected chi connectivity index (χ2v) is 3.56. The van der Waals surface area contributed by atoms with Crippen molar-refractivity contribution in [2.24, 2.45) is 5.73 Å². The zero-order chi connectivity index (χ0) is 12.1. The van der Waals surface area contributed by atoms with Crippen LogP contribution >= 0.6 is 11.3 Å². The van der Waals surface area contributed by atoms with Gasteiger partial charge in [0.2, 0.25) is 0 Å². The molecule has 6 heteroatoms. The molecule has 1 aromatic heterocycles. The number of rotatable bonds is 3. The normalized spacial score (nSPS) is 11.6. The lowest BCUT2D eigenvalue weighted by Gasteiger charge is -2.07. The van der Waals surface area contributed by atoms with E-state index < -0.39 is 11.9 Å². The van der Waals surface area contributed by atoms with Crippen LogP contribution in [0, 0.1) is 0 Å². The van der Waals surface area contributed by atoms with Crippen molar-refractivity contribution in [1.29, 1.82) is 0 Å². The molecule has 16 heavy (non-hydrogen) atoms. The molecule has 0 atom stereocenters. The molecule has 0 aromatic carbocycles. The van der Waals surface area contributed by atoms with Gasteiger partial charge in [-0.2, -0.15) is 11.3 Å². The summed E-state index contributed by atoms with van der Waals surface area (Å²) in [5.41, 5.74) is 5.86. The van der Waals surface area contributed by atoms with Crippen LogP contribution in [0.2, 0.25) is 0 Å². The molecule has 0 aliphatic rings. The molecule has 0 aliphatic carbocycles. The van der Waals surface area contributed by atoms with Crippen molar-refractivity contribution in [3.05, 3.63) is 28.1 Å². The number of hydrogen-bond donors (Lipinski definition) is 1. The van der Waals surface area contributed by atoms with Gasteiger partial charge in [-0.1, -0.05) is 0 Å². The Balaban J connectivity index is 3.25. The van der Waals surface area contributed by atoms with Gasteiger partial charge in [0, 0.05) is 5.56 Å². The molecule has 0 radical (unpaired) electrons. The highest BCUT2D eigenvalue weighted by molar-refractivity contribution is 7.08. The Hall–Kier alpha value is -1.82. The van der Waals surface area contributed by atoms with Crippen molar-refractivity contribution in [3.63, 3.8) is 0 Å². The van der Waals surface area contributed by atoms with Crippen molar-refractivity contribution in [1.82, 2.24) is 0 Å². The lowest BCUT2D eigenvalue weighted by molar-refractivity contribution is -0.137. The summed E-state index contributed by atoms with van der Waals surface area (Å²) in [7, 11) is 2.41. The number of nitrogens with two attached hydrogens (primary N) is 1. The van der Waals surface area contributed by atoms with E-state index in [0.717, 1.165) is 0 Å². The number of carbonyl (C=O) groups is 2. The third-order valence-corrected chi connectivity index (χ3v) is 2.56. The van der Waals surface area contributed by atoms with Crippen LogP contribution < -0.4 is 5.73 Å². The highest BCUT2D eigenvalue weighted by Gasteiger charge is 2.21. The Morgan fingerprint density at radius 2 is 1.88 bits per heavy atom. The lowest BCUT2D eigenvalue weighted by Crippen LogP contribution is -2.19. The maximum atomic E-state index is 11.5. The van der Waals surface area contributed by atoms with Gasteiger partial charge in [0.15, 0.2) is 0 Å². The molecule has 1 heterocycles. The van der Waals surface area contributed by atoms with Crippen LogP contribution in [-0.4, -0.2) is 26.2 Å². The SMILES string of the molecule is COC(=O)/C(N)=C(/C(=O)OC)c1ccsc1. The van der Waals surface area contributed by atoms with E-state index in [1.54, 1.807) is 16.8 Å². The first-order valence-corrected chi connectivity index (χ1v) is 5.25. The van der Waals surface area contributed by atoms with Crippen LogP contribution in [0.1, 0.15) is 5.56 Å². The zero-order valence-electron chi connectivity index (χ0n) is 8.85. The fourth-order valence-electron chi connectivity index (χ4n) is 1.10. The zero-order valence-corrected chi connectivity index (χ0v) is 9.67. The van der Waals surface area contributed by atoms with Gasteiger partial charge in [-0.3, -0.25) is 0 Å². The molecule has 0 bridgehead atoms. The Morgan fingerprint density at radius 1 is 1.25 bits per heavy atom. The van der Waals surface area contributed by atoms with Crippen LogP contribution in [0.5, 0.6) is 0 Å². The Morgan fingerprint density at radius 3 is 2.31 bits per heavy atom. The molecule has 0 saturated carbocycles. The molecule has 0 fully saturated rings. The summed E-state index contributed by atoms with van der Waals surface area (Å²) in [5.74, 6) is -1.42. The highest BCUT2D eigenvalue weighted by Crippen LogP contribution is 2.21. The summed E-state index contributed by atoms with van der Waals surface area (Å²) in [4.78, 5) is 22.8. The molecule has 0 amide bonds. The first kappa shape index (κ1) is 12.3. The van der Waals surface area contributed by atoms with Crippen LogP contribution in [-0.2, 0) is 19.1 Å². The number of esters is 2. The maximum absolute atomic E-state index is 11.5. The van der Waals surface area contributed by atoms with E-state index in [2.05, 4.69) is 9.47 Å².